The van der Waals surface area contributed by atoms with E-state index in [9.17, 15) is 4.79 Å². The lowest BCUT2D eigenvalue weighted by molar-refractivity contribution is -0.247. The van der Waals surface area contributed by atoms with Crippen molar-refractivity contribution in [2.45, 2.75) is 27.7 Å². The quantitative estimate of drug-likeness (QED) is 0.580. The predicted molar refractivity (Wildman–Crippen MR) is 62.1 cm³/mol. The summed E-state index contributed by atoms with van der Waals surface area (Å²) in [5.74, 6) is -0.0815. The summed E-state index contributed by atoms with van der Waals surface area (Å²) in [6.45, 7) is 8.16. The fourth-order valence-corrected chi connectivity index (χ4v) is 1.40. The van der Waals surface area contributed by atoms with Crippen LogP contribution < -0.4 is 0 Å². The molecule has 0 bridgehead atoms. The Morgan fingerprint density at radius 1 is 1.25 bits per heavy atom. The van der Waals surface area contributed by atoms with Crippen LogP contribution >= 0.6 is 0 Å². The minimum absolute atomic E-state index is 0.339. The monoisotopic (exact) mass is 222 g/mol. The minimum Gasteiger partial charge on any atom is -0.293 e. The van der Waals surface area contributed by atoms with Gasteiger partial charge in [-0.2, -0.15) is 4.89 Å². The molecule has 16 heavy (non-hydrogen) atoms. The maximum atomic E-state index is 11.7. The summed E-state index contributed by atoms with van der Waals surface area (Å²) in [4.78, 5) is 21.4. The fourth-order valence-electron chi connectivity index (χ4n) is 1.40. The molecule has 0 saturated carbocycles. The highest BCUT2D eigenvalue weighted by molar-refractivity contribution is 5.92. The normalized spacial score (nSPS) is 10.6. The van der Waals surface area contributed by atoms with Gasteiger partial charge in [-0.15, -0.1) is 0 Å². The molecule has 0 unspecified atom stereocenters. The van der Waals surface area contributed by atoms with Crippen LogP contribution in [0.5, 0.6) is 0 Å². The Kier molecular flexibility index (Phi) is 4.50. The Morgan fingerprint density at radius 3 is 2.31 bits per heavy atom. The summed E-state index contributed by atoms with van der Waals surface area (Å²) in [6, 6.07) is 5.68. The molecule has 0 aliphatic rings. The van der Waals surface area contributed by atoms with Crippen molar-refractivity contribution in [3.63, 3.8) is 0 Å². The largest absolute Gasteiger partial charge is 0.373 e. The van der Waals surface area contributed by atoms with Gasteiger partial charge in [0.2, 0.25) is 0 Å². The van der Waals surface area contributed by atoms with Crippen LogP contribution in [0.15, 0.2) is 18.2 Å². The highest BCUT2D eigenvalue weighted by Crippen LogP contribution is 2.14. The lowest BCUT2D eigenvalue weighted by Crippen LogP contribution is -2.12. The minimum atomic E-state index is -0.420. The number of carbonyl (C=O) groups excluding carboxylic acids is 1. The Morgan fingerprint density at radius 2 is 1.81 bits per heavy atom. The number of rotatable bonds is 4. The third-order valence-corrected chi connectivity index (χ3v) is 2.22. The van der Waals surface area contributed by atoms with E-state index in [2.05, 4.69) is 0 Å². The lowest BCUT2D eigenvalue weighted by Gasteiger charge is -2.09. The van der Waals surface area contributed by atoms with E-state index in [-0.39, 0.29) is 0 Å². The maximum Gasteiger partial charge on any atom is 0.373 e. The molecular formula is C13H18O3. The van der Waals surface area contributed by atoms with Crippen molar-refractivity contribution in [1.29, 1.82) is 0 Å². The van der Waals surface area contributed by atoms with E-state index in [4.69, 9.17) is 9.78 Å². The van der Waals surface area contributed by atoms with Crippen molar-refractivity contribution in [3.8, 4) is 0 Å². The van der Waals surface area contributed by atoms with Crippen molar-refractivity contribution >= 4 is 5.97 Å². The second-order valence-corrected chi connectivity index (χ2v) is 4.32. The highest BCUT2D eigenvalue weighted by Gasteiger charge is 2.14. The molecule has 1 aromatic carbocycles. The van der Waals surface area contributed by atoms with Crippen LogP contribution in [0.1, 0.15) is 35.3 Å². The van der Waals surface area contributed by atoms with Gasteiger partial charge in [0.25, 0.3) is 0 Å². The number of hydrogen-bond donors (Lipinski definition) is 0. The summed E-state index contributed by atoms with van der Waals surface area (Å²) < 4.78 is 0. The smallest absolute Gasteiger partial charge is 0.293 e. The molecule has 0 aliphatic carbocycles. The van der Waals surface area contributed by atoms with E-state index in [0.29, 0.717) is 18.1 Å². The molecule has 0 radical (unpaired) electrons. The van der Waals surface area contributed by atoms with Gasteiger partial charge in [-0.25, -0.2) is 4.79 Å². The van der Waals surface area contributed by atoms with E-state index in [0.717, 1.165) is 11.1 Å². The average molecular weight is 222 g/mol. The standard InChI is InChI=1S/C13H18O3/c1-9(2)8-15-16-13(14)12-10(3)6-5-7-11(12)4/h5-7,9H,8H2,1-4H3. The first-order chi connectivity index (χ1) is 7.52. The van der Waals surface area contributed by atoms with E-state index in [1.54, 1.807) is 0 Å². The van der Waals surface area contributed by atoms with Gasteiger partial charge in [0, 0.05) is 0 Å². The van der Waals surface area contributed by atoms with Crippen LogP contribution in [-0.4, -0.2) is 12.6 Å². The van der Waals surface area contributed by atoms with E-state index in [1.165, 1.54) is 0 Å². The molecule has 88 valence electrons. The van der Waals surface area contributed by atoms with Crippen molar-refractivity contribution in [2.24, 2.45) is 5.92 Å². The van der Waals surface area contributed by atoms with Gasteiger partial charge < -0.3 is 0 Å². The van der Waals surface area contributed by atoms with E-state index < -0.39 is 5.97 Å². The van der Waals surface area contributed by atoms with Crippen LogP contribution in [0.4, 0.5) is 0 Å². The van der Waals surface area contributed by atoms with Gasteiger partial charge in [-0.3, -0.25) is 4.89 Å². The second kappa shape index (κ2) is 5.66. The Hall–Kier alpha value is -1.35. The van der Waals surface area contributed by atoms with Gasteiger partial charge in [-0.05, 0) is 30.9 Å². The molecule has 3 heteroatoms. The van der Waals surface area contributed by atoms with Gasteiger partial charge >= 0.3 is 5.97 Å². The SMILES string of the molecule is Cc1cccc(C)c1C(=O)OOCC(C)C. The average Bonchev–Trinajstić information content (AvgIpc) is 2.16. The maximum absolute atomic E-state index is 11.7. The molecule has 0 heterocycles. The molecule has 0 saturated heterocycles. The van der Waals surface area contributed by atoms with Gasteiger partial charge in [0.1, 0.15) is 0 Å². The summed E-state index contributed by atoms with van der Waals surface area (Å²) in [5.41, 5.74) is 2.39. The summed E-state index contributed by atoms with van der Waals surface area (Å²) in [7, 11) is 0. The lowest BCUT2D eigenvalue weighted by atomic mass is 10.0. The van der Waals surface area contributed by atoms with Crippen molar-refractivity contribution in [3.05, 3.63) is 34.9 Å². The van der Waals surface area contributed by atoms with Crippen LogP contribution in [-0.2, 0) is 9.78 Å². The molecule has 1 rings (SSSR count). The molecule has 0 aliphatic heterocycles. The van der Waals surface area contributed by atoms with Gasteiger partial charge in [-0.1, -0.05) is 32.0 Å². The molecular weight excluding hydrogens is 204 g/mol. The fraction of sp³-hybridized carbons (Fsp3) is 0.462. The third kappa shape index (κ3) is 3.35. The summed E-state index contributed by atoms with van der Waals surface area (Å²) in [5, 5.41) is 0. The molecule has 0 N–H and O–H groups in total. The number of hydrogen-bond acceptors (Lipinski definition) is 3. The van der Waals surface area contributed by atoms with Crippen molar-refractivity contribution < 1.29 is 14.6 Å². The first-order valence-electron chi connectivity index (χ1n) is 5.42. The second-order valence-electron chi connectivity index (χ2n) is 4.32. The van der Waals surface area contributed by atoms with E-state index >= 15 is 0 Å². The van der Waals surface area contributed by atoms with E-state index in [1.807, 2.05) is 45.9 Å². The number of benzene rings is 1. The predicted octanol–water partition coefficient (Wildman–Crippen LogP) is 3.05. The molecule has 0 atom stereocenters. The summed E-state index contributed by atoms with van der Waals surface area (Å²) in [6.07, 6.45) is 0. The molecule has 0 spiro atoms. The molecule has 1 aromatic rings. The summed E-state index contributed by atoms with van der Waals surface area (Å²) >= 11 is 0. The van der Waals surface area contributed by atoms with Gasteiger partial charge in [0.15, 0.2) is 0 Å². The zero-order valence-electron chi connectivity index (χ0n) is 10.2. The van der Waals surface area contributed by atoms with Crippen LogP contribution in [0.3, 0.4) is 0 Å². The molecule has 0 fully saturated rings. The van der Waals surface area contributed by atoms with Crippen LogP contribution in [0.2, 0.25) is 0 Å². The van der Waals surface area contributed by atoms with Crippen LogP contribution in [0.25, 0.3) is 0 Å². The van der Waals surface area contributed by atoms with Gasteiger partial charge in [0.05, 0.1) is 12.2 Å². The first-order valence-corrected chi connectivity index (χ1v) is 5.42. The third-order valence-electron chi connectivity index (χ3n) is 2.22. The zero-order valence-corrected chi connectivity index (χ0v) is 10.2. The molecule has 0 amide bonds. The zero-order chi connectivity index (χ0) is 12.1. The molecule has 0 aromatic heterocycles. The topological polar surface area (TPSA) is 35.5 Å². The van der Waals surface area contributed by atoms with Crippen molar-refractivity contribution in [1.82, 2.24) is 0 Å². The Balaban J connectivity index is 2.66. The number of carbonyl (C=O) groups is 1. The Labute approximate surface area is 96.3 Å². The van der Waals surface area contributed by atoms with Crippen molar-refractivity contribution in [2.75, 3.05) is 6.61 Å². The van der Waals surface area contributed by atoms with Crippen LogP contribution in [0, 0.1) is 19.8 Å². The highest BCUT2D eigenvalue weighted by atomic mass is 17.2. The Bertz CT molecular complexity index is 349. The number of aryl methyl sites for hydroxylation is 2. The molecule has 3 nitrogen and oxygen atoms in total. The first kappa shape index (κ1) is 12.7.